The number of imidazole rings is 1. The number of aromatic amines is 2. The zero-order valence-corrected chi connectivity index (χ0v) is 20.3. The molecular formula is C25H30F2N6O2. The summed E-state index contributed by atoms with van der Waals surface area (Å²) in [6, 6.07) is 0.980. The quantitative estimate of drug-likeness (QED) is 0.579. The molecular weight excluding hydrogens is 454 g/mol. The second-order valence-electron chi connectivity index (χ2n) is 10.4. The molecule has 3 aromatic rings. The molecule has 1 saturated carbocycles. The topological polar surface area (TPSA) is 90.1 Å². The highest BCUT2D eigenvalue weighted by molar-refractivity contribution is 5.99. The van der Waals surface area contributed by atoms with Gasteiger partial charge < -0.3 is 14.6 Å². The average molecular weight is 485 g/mol. The highest BCUT2D eigenvalue weighted by atomic mass is 19.2. The standard InChI is InChI=1S/C25H30F2N6O2/c1-4-33(24(34)13(2)32-5-7-35-8-6-32)18-10-16-22(20(27)19(18)26)29-23(28-16)21-15-9-14-11-25(14,3)12-17(15)30-31-21/h10,13-14H,4-9,11-12H2,1-3H3,(H,28,29)(H,30,31)/t13-,14+,25+/m0/s1. The fraction of sp³-hybridized carbons (Fsp3) is 0.560. The van der Waals surface area contributed by atoms with Gasteiger partial charge in [-0.15, -0.1) is 0 Å². The minimum absolute atomic E-state index is 0.0187. The first kappa shape index (κ1) is 22.6. The Bertz CT molecular complexity index is 1310. The number of hydrogen-bond acceptors (Lipinski definition) is 5. The molecule has 0 radical (unpaired) electrons. The number of rotatable bonds is 5. The molecule has 2 aromatic heterocycles. The smallest absolute Gasteiger partial charge is 0.244 e. The number of benzene rings is 1. The number of aromatic nitrogens is 4. The lowest BCUT2D eigenvalue weighted by Crippen LogP contribution is -2.51. The monoisotopic (exact) mass is 484 g/mol. The molecule has 186 valence electrons. The first-order chi connectivity index (χ1) is 16.8. The number of H-pyrrole nitrogens is 2. The van der Waals surface area contributed by atoms with Gasteiger partial charge in [0.05, 0.1) is 30.5 Å². The number of carbonyl (C=O) groups excluding carboxylic acids is 1. The minimum Gasteiger partial charge on any atom is -0.379 e. The Balaban J connectivity index is 1.35. The van der Waals surface area contributed by atoms with E-state index in [0.717, 1.165) is 24.1 Å². The van der Waals surface area contributed by atoms with Crippen LogP contribution in [0.4, 0.5) is 14.5 Å². The molecule has 3 heterocycles. The van der Waals surface area contributed by atoms with Crippen molar-refractivity contribution in [3.63, 3.8) is 0 Å². The van der Waals surface area contributed by atoms with Crippen LogP contribution in [0.5, 0.6) is 0 Å². The van der Waals surface area contributed by atoms with Crippen molar-refractivity contribution in [2.45, 2.75) is 46.1 Å². The number of nitrogens with one attached hydrogen (secondary N) is 2. The molecule has 3 atom stereocenters. The van der Waals surface area contributed by atoms with Crippen LogP contribution >= 0.6 is 0 Å². The number of nitrogens with zero attached hydrogens (tertiary/aromatic N) is 4. The summed E-state index contributed by atoms with van der Waals surface area (Å²) in [5.41, 5.74) is 3.37. The van der Waals surface area contributed by atoms with Crippen molar-refractivity contribution in [1.29, 1.82) is 0 Å². The van der Waals surface area contributed by atoms with E-state index in [1.165, 1.54) is 17.4 Å². The van der Waals surface area contributed by atoms with Gasteiger partial charge in [-0.25, -0.2) is 13.8 Å². The van der Waals surface area contributed by atoms with Crippen molar-refractivity contribution < 1.29 is 18.3 Å². The maximum absolute atomic E-state index is 15.3. The first-order valence-electron chi connectivity index (χ1n) is 12.4. The molecule has 0 spiro atoms. The predicted molar refractivity (Wildman–Crippen MR) is 127 cm³/mol. The van der Waals surface area contributed by atoms with E-state index < -0.39 is 17.7 Å². The highest BCUT2D eigenvalue weighted by Gasteiger charge is 2.53. The fourth-order valence-electron chi connectivity index (χ4n) is 5.83. The number of likely N-dealkylation sites (N-methyl/N-ethyl adjacent to an activating group) is 1. The third kappa shape index (κ3) is 3.57. The van der Waals surface area contributed by atoms with E-state index in [1.807, 2.05) is 4.90 Å². The maximum Gasteiger partial charge on any atom is 0.244 e. The van der Waals surface area contributed by atoms with Crippen LogP contribution in [0.1, 0.15) is 38.4 Å². The molecule has 1 aliphatic heterocycles. The Morgan fingerprint density at radius 3 is 2.86 bits per heavy atom. The van der Waals surface area contributed by atoms with Gasteiger partial charge in [-0.3, -0.25) is 14.8 Å². The zero-order chi connectivity index (χ0) is 24.5. The number of anilines is 1. The van der Waals surface area contributed by atoms with E-state index in [9.17, 15) is 4.79 Å². The lowest BCUT2D eigenvalue weighted by molar-refractivity contribution is -0.124. The van der Waals surface area contributed by atoms with Crippen LogP contribution in [0, 0.1) is 23.0 Å². The van der Waals surface area contributed by atoms with Crippen molar-refractivity contribution in [2.75, 3.05) is 37.7 Å². The number of morpholine rings is 1. The largest absolute Gasteiger partial charge is 0.379 e. The van der Waals surface area contributed by atoms with Gasteiger partial charge in [-0.05, 0) is 50.5 Å². The Kier molecular flexibility index (Phi) is 5.23. The Hall–Kier alpha value is -2.85. The van der Waals surface area contributed by atoms with Crippen molar-refractivity contribution in [3.05, 3.63) is 29.0 Å². The second kappa shape index (κ2) is 8.09. The van der Waals surface area contributed by atoms with E-state index in [1.54, 1.807) is 13.8 Å². The predicted octanol–water partition coefficient (Wildman–Crippen LogP) is 3.43. The summed E-state index contributed by atoms with van der Waals surface area (Å²) < 4.78 is 35.9. The lowest BCUT2D eigenvalue weighted by atomic mass is 9.88. The first-order valence-corrected chi connectivity index (χ1v) is 12.4. The summed E-state index contributed by atoms with van der Waals surface area (Å²) in [5.74, 6) is -1.34. The van der Waals surface area contributed by atoms with Gasteiger partial charge in [0.15, 0.2) is 17.5 Å². The Morgan fingerprint density at radius 1 is 1.34 bits per heavy atom. The van der Waals surface area contributed by atoms with Gasteiger partial charge in [0.1, 0.15) is 11.2 Å². The third-order valence-corrected chi connectivity index (χ3v) is 8.21. The van der Waals surface area contributed by atoms with Crippen LogP contribution < -0.4 is 4.90 Å². The van der Waals surface area contributed by atoms with Crippen LogP contribution in [0.3, 0.4) is 0 Å². The van der Waals surface area contributed by atoms with E-state index in [-0.39, 0.29) is 29.2 Å². The van der Waals surface area contributed by atoms with E-state index in [2.05, 4.69) is 27.1 Å². The fourth-order valence-corrected chi connectivity index (χ4v) is 5.83. The van der Waals surface area contributed by atoms with Gasteiger partial charge in [0.25, 0.3) is 0 Å². The summed E-state index contributed by atoms with van der Waals surface area (Å²) in [6.45, 7) is 8.39. The molecule has 2 N–H and O–H groups in total. The molecule has 0 unspecified atom stereocenters. The van der Waals surface area contributed by atoms with Gasteiger partial charge in [0, 0.05) is 30.9 Å². The third-order valence-electron chi connectivity index (χ3n) is 8.21. The molecule has 0 bridgehead atoms. The summed E-state index contributed by atoms with van der Waals surface area (Å²) in [5, 5.41) is 7.59. The van der Waals surface area contributed by atoms with E-state index in [0.29, 0.717) is 49.2 Å². The van der Waals surface area contributed by atoms with Crippen molar-refractivity contribution in [3.8, 4) is 11.5 Å². The zero-order valence-electron chi connectivity index (χ0n) is 20.3. The molecule has 10 heteroatoms. The summed E-state index contributed by atoms with van der Waals surface area (Å²) in [6.07, 6.45) is 3.05. The minimum atomic E-state index is -1.06. The van der Waals surface area contributed by atoms with Crippen LogP contribution in [-0.4, -0.2) is 69.9 Å². The lowest BCUT2D eigenvalue weighted by Gasteiger charge is -2.34. The van der Waals surface area contributed by atoms with Crippen LogP contribution in [0.25, 0.3) is 22.6 Å². The molecule has 35 heavy (non-hydrogen) atoms. The normalized spacial score (nSPS) is 24.8. The molecule has 2 aliphatic carbocycles. The number of carbonyl (C=O) groups is 1. The second-order valence-corrected chi connectivity index (χ2v) is 10.4. The Morgan fingerprint density at radius 2 is 2.11 bits per heavy atom. The van der Waals surface area contributed by atoms with Gasteiger partial charge in [0.2, 0.25) is 5.91 Å². The van der Waals surface area contributed by atoms with E-state index >= 15 is 8.78 Å². The number of fused-ring (bicyclic) bond motifs is 3. The van der Waals surface area contributed by atoms with Crippen molar-refractivity contribution in [2.24, 2.45) is 11.3 Å². The van der Waals surface area contributed by atoms with Crippen LogP contribution in [-0.2, 0) is 22.4 Å². The molecule has 2 fully saturated rings. The highest BCUT2D eigenvalue weighted by Crippen LogP contribution is 2.59. The molecule has 3 aliphatic rings. The van der Waals surface area contributed by atoms with Gasteiger partial charge in [-0.2, -0.15) is 5.10 Å². The Labute approximate surface area is 202 Å². The van der Waals surface area contributed by atoms with Crippen LogP contribution in [0.2, 0.25) is 0 Å². The van der Waals surface area contributed by atoms with Crippen LogP contribution in [0.15, 0.2) is 6.07 Å². The summed E-state index contributed by atoms with van der Waals surface area (Å²) in [4.78, 5) is 24.1. The molecule has 1 amide bonds. The molecule has 6 rings (SSSR count). The number of hydrogen-bond donors (Lipinski definition) is 2. The molecule has 1 saturated heterocycles. The molecule has 1 aromatic carbocycles. The number of ether oxygens (including phenoxy) is 1. The SMILES string of the molecule is CCN(C(=O)[C@H](C)N1CCOCC1)c1cc2nc(-c3n[nH]c4c3C[C@@H]3C[C@]3(C)C4)[nH]c2c(F)c1F. The number of halogens is 2. The maximum atomic E-state index is 15.3. The average Bonchev–Trinajstić information content (AvgIpc) is 3.15. The van der Waals surface area contributed by atoms with Gasteiger partial charge >= 0.3 is 0 Å². The molecule has 8 nitrogen and oxygen atoms in total. The number of amides is 1. The van der Waals surface area contributed by atoms with E-state index in [4.69, 9.17) is 4.74 Å². The van der Waals surface area contributed by atoms with Gasteiger partial charge in [-0.1, -0.05) is 6.92 Å². The van der Waals surface area contributed by atoms with Crippen molar-refractivity contribution in [1.82, 2.24) is 25.1 Å². The summed E-state index contributed by atoms with van der Waals surface area (Å²) >= 11 is 0. The van der Waals surface area contributed by atoms with Crippen molar-refractivity contribution >= 4 is 22.6 Å². The summed E-state index contributed by atoms with van der Waals surface area (Å²) in [7, 11) is 0.